The zero-order valence-electron chi connectivity index (χ0n) is 43.1. The van der Waals surface area contributed by atoms with Gasteiger partial charge >= 0.3 is 23.7 Å². The van der Waals surface area contributed by atoms with E-state index in [9.17, 15) is 55.1 Å². The third kappa shape index (κ3) is 13.0. The van der Waals surface area contributed by atoms with Crippen LogP contribution in [0.2, 0.25) is 0 Å². The minimum atomic E-state index is -4.58. The van der Waals surface area contributed by atoms with Crippen LogP contribution >= 0.6 is 11.6 Å². The first-order valence-corrected chi connectivity index (χ1v) is 24.1. The quantitative estimate of drug-likeness (QED) is 0.0955. The van der Waals surface area contributed by atoms with Crippen LogP contribution in [0.25, 0.3) is 44.8 Å². The van der Waals surface area contributed by atoms with Crippen molar-refractivity contribution in [2.24, 2.45) is 14.1 Å². The number of imidazole rings is 2. The van der Waals surface area contributed by atoms with Crippen molar-refractivity contribution in [3.05, 3.63) is 173 Å². The summed E-state index contributed by atoms with van der Waals surface area (Å²) in [6, 6.07) is 15.4. The average Bonchev–Trinajstić information content (AvgIpc) is 4.28. The Morgan fingerprint density at radius 3 is 1.54 bits per heavy atom. The van der Waals surface area contributed by atoms with E-state index < -0.39 is 58.1 Å². The van der Waals surface area contributed by atoms with Gasteiger partial charge in [-0.15, -0.1) is 11.6 Å². The number of nitrogens with one attached hydrogen (secondary N) is 3. The normalized spacial score (nSPS) is 11.5. The van der Waals surface area contributed by atoms with E-state index in [1.165, 1.54) is 78.6 Å². The van der Waals surface area contributed by atoms with E-state index in [0.717, 1.165) is 33.0 Å². The Morgan fingerprint density at radius 1 is 0.642 bits per heavy atom. The third-order valence-electron chi connectivity index (χ3n) is 11.7. The molecule has 0 aliphatic heterocycles. The third-order valence-corrected chi connectivity index (χ3v) is 12.0. The Labute approximate surface area is 454 Å². The van der Waals surface area contributed by atoms with Crippen LogP contribution in [-0.2, 0) is 61.6 Å². The molecule has 10 rings (SSSR count). The van der Waals surface area contributed by atoms with Crippen LogP contribution in [0.4, 0.5) is 38.0 Å². The van der Waals surface area contributed by atoms with Crippen molar-refractivity contribution in [3.8, 4) is 22.5 Å². The second kappa shape index (κ2) is 23.2. The first-order chi connectivity index (χ1) is 38.3. The fourth-order valence-corrected chi connectivity index (χ4v) is 8.18. The van der Waals surface area contributed by atoms with Crippen LogP contribution in [0, 0.1) is 27.7 Å². The summed E-state index contributed by atoms with van der Waals surface area (Å²) < 4.78 is 93.6. The molecule has 10 aromatic heterocycles. The molecule has 0 radical (unpaired) electrons. The van der Waals surface area contributed by atoms with E-state index in [2.05, 4.69) is 55.8 Å². The fraction of sp³-hybridized carbons (Fsp3) is 0.240. The van der Waals surface area contributed by atoms with Gasteiger partial charge in [0.05, 0.1) is 42.2 Å². The highest BCUT2D eigenvalue weighted by Gasteiger charge is 2.35. The largest absolute Gasteiger partial charge is 0.433 e. The van der Waals surface area contributed by atoms with Crippen molar-refractivity contribution >= 4 is 57.4 Å². The van der Waals surface area contributed by atoms with Gasteiger partial charge in [0.1, 0.15) is 53.3 Å². The van der Waals surface area contributed by atoms with Crippen molar-refractivity contribution in [1.82, 2.24) is 68.0 Å². The molecule has 81 heavy (non-hydrogen) atoms. The van der Waals surface area contributed by atoms with Gasteiger partial charge in [-0.3, -0.25) is 47.8 Å². The number of H-pyrrole nitrogens is 1. The number of anilines is 2. The van der Waals surface area contributed by atoms with Gasteiger partial charge in [-0.05, 0) is 75.2 Å². The molecule has 0 aromatic carbocycles. The van der Waals surface area contributed by atoms with Crippen LogP contribution in [0.3, 0.4) is 0 Å². The molecule has 31 heteroatoms. The van der Waals surface area contributed by atoms with E-state index in [-0.39, 0.29) is 64.7 Å². The Kier molecular flexibility index (Phi) is 16.4. The van der Waals surface area contributed by atoms with Gasteiger partial charge in [0, 0.05) is 49.7 Å². The van der Waals surface area contributed by atoms with Gasteiger partial charge < -0.3 is 28.8 Å². The average molecular weight is 1150 g/mol. The number of alkyl halides is 7. The first-order valence-electron chi connectivity index (χ1n) is 23.6. The number of aryl methyl sites for hydroxylation is 6. The molecular formula is C50H43ClF6N16O8. The van der Waals surface area contributed by atoms with E-state index in [1.54, 1.807) is 37.3 Å². The Hall–Kier alpha value is -9.87. The van der Waals surface area contributed by atoms with Crippen molar-refractivity contribution < 1.29 is 45.0 Å². The summed E-state index contributed by atoms with van der Waals surface area (Å²) in [6.07, 6.45) is -4.46. The maximum Gasteiger partial charge on any atom is 0.433 e. The summed E-state index contributed by atoms with van der Waals surface area (Å²) in [5.41, 5.74) is -1.85. The van der Waals surface area contributed by atoms with Crippen molar-refractivity contribution in [2.75, 3.05) is 10.6 Å². The topological polar surface area (TPSA) is 296 Å². The number of nitrogens with zero attached hydrogens (tertiary/aromatic N) is 13. The number of hydrogen-bond acceptors (Lipinski definition) is 16. The van der Waals surface area contributed by atoms with Gasteiger partial charge in [0.2, 0.25) is 11.8 Å². The highest BCUT2D eigenvalue weighted by Crippen LogP contribution is 2.33. The molecule has 0 aliphatic rings. The van der Waals surface area contributed by atoms with Crippen LogP contribution in [-0.4, -0.2) is 79.9 Å². The second-order valence-electron chi connectivity index (χ2n) is 17.8. The zero-order chi connectivity index (χ0) is 58.7. The zero-order valence-corrected chi connectivity index (χ0v) is 43.9. The molecule has 420 valence electrons. The van der Waals surface area contributed by atoms with E-state index >= 15 is 0 Å². The molecule has 0 atom stereocenters. The van der Waals surface area contributed by atoms with Gasteiger partial charge in [-0.1, -0.05) is 22.4 Å². The number of carbonyl (C=O) groups is 2. The number of hydrogen-bond donors (Lipinski definition) is 3. The molecule has 0 fully saturated rings. The molecule has 0 unspecified atom stereocenters. The summed E-state index contributed by atoms with van der Waals surface area (Å²) in [5, 5.41) is 12.6. The van der Waals surface area contributed by atoms with Gasteiger partial charge in [0.25, 0.3) is 11.1 Å². The van der Waals surface area contributed by atoms with Crippen LogP contribution in [0.5, 0.6) is 0 Å². The van der Waals surface area contributed by atoms with Gasteiger partial charge in [0.15, 0.2) is 22.3 Å². The molecule has 2 amide bonds. The summed E-state index contributed by atoms with van der Waals surface area (Å²) in [7, 11) is 2.89. The standard InChI is InChI=1S/C25H21F3N8O4.C20H16F3N7O3.C5H6ClNO/c1-13-7-15(9-29-21(13)25(26,27)28)17-5-4-6-18(31-17)32-19(37)11-35-12-30-22-20(35)23(38)36(24(39)34(22)3)10-16-8-14(2)40-33-16;1-10-6-11(7-24-16(10)20(21,22)23)12-4-3-5-13(26-12)27-14(31)8-30-9-25-17-15(30)18(32)28-19(33)29(17)2;1-4-2-5(3-6)7-8-4/h4-9,12H,10-11H2,1-3H3,(H,31,32,37);3-7,9H,8H2,1-2H3,(H,26,27,31)(H,28,32,33);2H,3H2,1H3. The van der Waals surface area contributed by atoms with Crippen molar-refractivity contribution in [1.29, 1.82) is 0 Å². The lowest BCUT2D eigenvalue weighted by Gasteiger charge is -2.11. The van der Waals surface area contributed by atoms with E-state index in [4.69, 9.17) is 20.6 Å². The first kappa shape index (κ1) is 57.3. The molecule has 0 saturated carbocycles. The molecule has 0 aliphatic carbocycles. The molecule has 10 heterocycles. The number of amides is 2. The maximum atomic E-state index is 13.3. The van der Waals surface area contributed by atoms with Crippen LogP contribution < -0.4 is 33.1 Å². The molecule has 24 nitrogen and oxygen atoms in total. The van der Waals surface area contributed by atoms with Crippen LogP contribution in [0.15, 0.2) is 114 Å². The fourth-order valence-electron chi connectivity index (χ4n) is 8.05. The van der Waals surface area contributed by atoms with Crippen molar-refractivity contribution in [2.45, 2.75) is 65.6 Å². The number of pyridine rings is 4. The smallest absolute Gasteiger partial charge is 0.361 e. The predicted octanol–water partition coefficient (Wildman–Crippen LogP) is 6.23. The highest BCUT2D eigenvalue weighted by atomic mass is 35.5. The highest BCUT2D eigenvalue weighted by molar-refractivity contribution is 6.16. The number of fused-ring (bicyclic) bond motifs is 2. The monoisotopic (exact) mass is 1140 g/mol. The Bertz CT molecular complexity index is 4270. The molecule has 0 spiro atoms. The molecular weight excluding hydrogens is 1100 g/mol. The van der Waals surface area contributed by atoms with Gasteiger partial charge in [-0.25, -0.2) is 29.5 Å². The number of halogens is 7. The summed E-state index contributed by atoms with van der Waals surface area (Å²) in [5.74, 6) is 0.950. The summed E-state index contributed by atoms with van der Waals surface area (Å²) in [6.45, 7) is 5.37. The Morgan fingerprint density at radius 2 is 1.11 bits per heavy atom. The molecule has 3 N–H and O–H groups in total. The maximum absolute atomic E-state index is 13.3. The second-order valence-corrected chi connectivity index (χ2v) is 18.1. The van der Waals surface area contributed by atoms with E-state index in [1.807, 2.05) is 13.0 Å². The lowest BCUT2D eigenvalue weighted by atomic mass is 10.1. The molecule has 10 aromatic rings. The Balaban J connectivity index is 0.000000189. The number of carbonyl (C=O) groups excluding carboxylic acids is 2. The number of rotatable bonds is 11. The minimum absolute atomic E-state index is 0.0329. The van der Waals surface area contributed by atoms with Gasteiger partial charge in [-0.2, -0.15) is 26.3 Å². The summed E-state index contributed by atoms with van der Waals surface area (Å²) >= 11 is 5.42. The lowest BCUT2D eigenvalue weighted by Crippen LogP contribution is -2.40. The lowest BCUT2D eigenvalue weighted by molar-refractivity contribution is -0.142. The minimum Gasteiger partial charge on any atom is -0.361 e. The SMILES string of the molecule is Cc1cc(-c2cccc(NC(=O)Cn3cnc4c3c(=O)[nH]c(=O)n4C)n2)cnc1C(F)(F)F.Cc1cc(CCl)no1.Cc1cc(Cn2c(=O)c3c(ncn3CC(=O)Nc3cccc(-c4cnc(C(F)(F)F)c(C)c4)n3)n(C)c2=O)no1. The summed E-state index contributed by atoms with van der Waals surface area (Å²) in [4.78, 5) is 101. The number of aromatic amines is 1. The van der Waals surface area contributed by atoms with E-state index in [0.29, 0.717) is 39.8 Å². The van der Waals surface area contributed by atoms with Crippen LogP contribution in [0.1, 0.15) is 45.4 Å². The number of aromatic nitrogens is 14. The molecule has 0 saturated heterocycles. The predicted molar refractivity (Wildman–Crippen MR) is 278 cm³/mol. The van der Waals surface area contributed by atoms with Crippen molar-refractivity contribution in [3.63, 3.8) is 0 Å². The molecule has 0 bridgehead atoms.